The molecule has 106 valence electrons. The van der Waals surface area contributed by atoms with Gasteiger partial charge in [-0.05, 0) is 32.4 Å². The van der Waals surface area contributed by atoms with E-state index in [-0.39, 0.29) is 11.4 Å². The van der Waals surface area contributed by atoms with Crippen molar-refractivity contribution in [2.45, 2.75) is 25.3 Å². The van der Waals surface area contributed by atoms with Crippen LogP contribution >= 0.6 is 0 Å². The van der Waals surface area contributed by atoms with Crippen molar-refractivity contribution in [2.24, 2.45) is 7.05 Å². The average Bonchev–Trinajstić information content (AvgIpc) is 2.96. The maximum atomic E-state index is 12.1. The van der Waals surface area contributed by atoms with Crippen LogP contribution in [0.2, 0.25) is 0 Å². The van der Waals surface area contributed by atoms with Gasteiger partial charge in [-0.3, -0.25) is 9.48 Å². The highest BCUT2D eigenvalue weighted by molar-refractivity contribution is 5.92. The molecule has 1 aliphatic heterocycles. The van der Waals surface area contributed by atoms with Crippen LogP contribution in [0, 0.1) is 6.92 Å². The highest BCUT2D eigenvalue weighted by Crippen LogP contribution is 2.18. The highest BCUT2D eigenvalue weighted by atomic mass is 16.5. The lowest BCUT2D eigenvalue weighted by atomic mass is 9.98. The third-order valence-corrected chi connectivity index (χ3v) is 3.69. The van der Waals surface area contributed by atoms with Gasteiger partial charge in [0.2, 0.25) is 0 Å². The topological polar surface area (TPSA) is 68.2 Å². The van der Waals surface area contributed by atoms with Crippen molar-refractivity contribution in [3.8, 4) is 0 Å². The minimum Gasteiger partial charge on any atom is -0.383 e. The minimum absolute atomic E-state index is 0.131. The van der Waals surface area contributed by atoms with Crippen molar-refractivity contribution in [1.82, 2.24) is 20.4 Å². The Hall–Kier alpha value is -1.40. The fraction of sp³-hybridized carbons (Fsp3) is 0.692. The first-order valence-corrected chi connectivity index (χ1v) is 6.59. The maximum absolute atomic E-state index is 12.1. The van der Waals surface area contributed by atoms with Crippen molar-refractivity contribution >= 4 is 5.91 Å². The van der Waals surface area contributed by atoms with Crippen LogP contribution in [0.1, 0.15) is 29.0 Å². The van der Waals surface area contributed by atoms with E-state index < -0.39 is 0 Å². The second-order valence-electron chi connectivity index (χ2n) is 5.22. The predicted octanol–water partition coefficient (Wildman–Crippen LogP) is 0.227. The Labute approximate surface area is 113 Å². The van der Waals surface area contributed by atoms with Crippen molar-refractivity contribution < 1.29 is 9.53 Å². The van der Waals surface area contributed by atoms with E-state index in [1.165, 1.54) is 0 Å². The second kappa shape index (κ2) is 5.71. The number of hydrogen-bond donors (Lipinski definition) is 2. The van der Waals surface area contributed by atoms with E-state index in [2.05, 4.69) is 15.7 Å². The number of nitrogens with zero attached hydrogens (tertiary/aromatic N) is 2. The van der Waals surface area contributed by atoms with Crippen LogP contribution < -0.4 is 10.6 Å². The number of carbonyl (C=O) groups excluding carboxylic acids is 1. The summed E-state index contributed by atoms with van der Waals surface area (Å²) in [6.07, 6.45) is 2.13. The first-order chi connectivity index (χ1) is 9.06. The minimum atomic E-state index is -0.132. The van der Waals surface area contributed by atoms with Crippen molar-refractivity contribution in [1.29, 1.82) is 0 Å². The molecular weight excluding hydrogens is 244 g/mol. The maximum Gasteiger partial charge on any atom is 0.271 e. The molecule has 2 heterocycles. The molecule has 1 aliphatic rings. The van der Waals surface area contributed by atoms with Crippen LogP contribution in [-0.2, 0) is 11.8 Å². The van der Waals surface area contributed by atoms with Crippen LogP contribution in [0.15, 0.2) is 6.07 Å². The zero-order chi connectivity index (χ0) is 13.9. The Morgan fingerprint density at radius 1 is 1.68 bits per heavy atom. The summed E-state index contributed by atoms with van der Waals surface area (Å²) in [5, 5.41) is 10.6. The van der Waals surface area contributed by atoms with E-state index in [1.807, 2.05) is 14.0 Å². The molecule has 1 fully saturated rings. The third kappa shape index (κ3) is 3.13. The molecule has 19 heavy (non-hydrogen) atoms. The summed E-state index contributed by atoms with van der Waals surface area (Å²) in [5.41, 5.74) is 1.30. The van der Waals surface area contributed by atoms with Gasteiger partial charge in [0, 0.05) is 26.4 Å². The summed E-state index contributed by atoms with van der Waals surface area (Å²) in [4.78, 5) is 12.1. The van der Waals surface area contributed by atoms with E-state index in [1.54, 1.807) is 17.9 Å². The lowest BCUT2D eigenvalue weighted by Crippen LogP contribution is -2.53. The molecule has 0 aromatic carbocycles. The normalized spacial score (nSPS) is 22.7. The van der Waals surface area contributed by atoms with E-state index in [0.717, 1.165) is 25.1 Å². The molecule has 2 rings (SSSR count). The van der Waals surface area contributed by atoms with E-state index >= 15 is 0 Å². The SMILES string of the molecule is COCC1(CNC(=O)c2cc(C)n(C)n2)CCCN1. The summed E-state index contributed by atoms with van der Waals surface area (Å²) >= 11 is 0. The van der Waals surface area contributed by atoms with Gasteiger partial charge in [0.15, 0.2) is 0 Å². The molecule has 6 nitrogen and oxygen atoms in total. The van der Waals surface area contributed by atoms with E-state index in [4.69, 9.17) is 4.74 Å². The van der Waals surface area contributed by atoms with Crippen molar-refractivity contribution in [2.75, 3.05) is 26.8 Å². The number of aryl methyl sites for hydroxylation is 2. The number of aromatic nitrogens is 2. The molecule has 1 saturated heterocycles. The molecule has 0 bridgehead atoms. The first-order valence-electron chi connectivity index (χ1n) is 6.59. The second-order valence-corrected chi connectivity index (χ2v) is 5.22. The van der Waals surface area contributed by atoms with Gasteiger partial charge in [-0.25, -0.2) is 0 Å². The number of hydrogen-bond acceptors (Lipinski definition) is 4. The third-order valence-electron chi connectivity index (χ3n) is 3.69. The summed E-state index contributed by atoms with van der Waals surface area (Å²) in [5.74, 6) is -0.132. The molecule has 0 aliphatic carbocycles. The van der Waals surface area contributed by atoms with Gasteiger partial charge < -0.3 is 15.4 Å². The lowest BCUT2D eigenvalue weighted by molar-refractivity contribution is 0.0887. The highest BCUT2D eigenvalue weighted by Gasteiger charge is 2.34. The van der Waals surface area contributed by atoms with Crippen molar-refractivity contribution in [3.05, 3.63) is 17.5 Å². The summed E-state index contributed by atoms with van der Waals surface area (Å²) in [7, 11) is 3.52. The number of ether oxygens (including phenoxy) is 1. The Morgan fingerprint density at radius 2 is 2.47 bits per heavy atom. The molecular formula is C13H22N4O2. The Balaban J connectivity index is 1.95. The van der Waals surface area contributed by atoms with E-state index in [0.29, 0.717) is 18.8 Å². The van der Waals surface area contributed by atoms with Gasteiger partial charge in [0.1, 0.15) is 5.69 Å². The smallest absolute Gasteiger partial charge is 0.271 e. The number of amides is 1. The van der Waals surface area contributed by atoms with Crippen LogP contribution in [-0.4, -0.2) is 48.0 Å². The van der Waals surface area contributed by atoms with Gasteiger partial charge in [0.05, 0.1) is 12.1 Å². The van der Waals surface area contributed by atoms with Gasteiger partial charge in [0.25, 0.3) is 5.91 Å². The number of methoxy groups -OCH3 is 1. The molecule has 1 atom stereocenters. The van der Waals surface area contributed by atoms with Crippen LogP contribution in [0.5, 0.6) is 0 Å². The number of rotatable bonds is 5. The molecule has 1 amide bonds. The fourth-order valence-electron chi connectivity index (χ4n) is 2.48. The lowest BCUT2D eigenvalue weighted by Gasteiger charge is -2.28. The average molecular weight is 266 g/mol. The zero-order valence-corrected chi connectivity index (χ0v) is 11.8. The molecule has 0 saturated carbocycles. The Kier molecular flexibility index (Phi) is 4.21. The van der Waals surface area contributed by atoms with Gasteiger partial charge in [-0.15, -0.1) is 0 Å². The largest absolute Gasteiger partial charge is 0.383 e. The molecule has 0 radical (unpaired) electrons. The Morgan fingerprint density at radius 3 is 3.00 bits per heavy atom. The zero-order valence-electron chi connectivity index (χ0n) is 11.8. The summed E-state index contributed by atoms with van der Waals surface area (Å²) < 4.78 is 6.96. The molecule has 1 unspecified atom stereocenters. The van der Waals surface area contributed by atoms with E-state index in [9.17, 15) is 4.79 Å². The van der Waals surface area contributed by atoms with Gasteiger partial charge >= 0.3 is 0 Å². The Bertz CT molecular complexity index is 430. The number of nitrogens with one attached hydrogen (secondary N) is 2. The van der Waals surface area contributed by atoms with Crippen LogP contribution in [0.3, 0.4) is 0 Å². The summed E-state index contributed by atoms with van der Waals surface area (Å²) in [6, 6.07) is 1.79. The predicted molar refractivity (Wildman–Crippen MR) is 72.1 cm³/mol. The monoisotopic (exact) mass is 266 g/mol. The quantitative estimate of drug-likeness (QED) is 0.800. The van der Waals surface area contributed by atoms with Gasteiger partial charge in [-0.2, -0.15) is 5.10 Å². The standard InChI is InChI=1S/C13H22N4O2/c1-10-7-11(16-17(10)2)12(18)14-8-13(9-19-3)5-4-6-15-13/h7,15H,4-6,8-9H2,1-3H3,(H,14,18). The molecule has 0 spiro atoms. The van der Waals surface area contributed by atoms with Crippen LogP contribution in [0.25, 0.3) is 0 Å². The molecule has 1 aromatic rings. The van der Waals surface area contributed by atoms with Gasteiger partial charge in [-0.1, -0.05) is 0 Å². The van der Waals surface area contributed by atoms with Crippen LogP contribution in [0.4, 0.5) is 0 Å². The summed E-state index contributed by atoms with van der Waals surface area (Å²) in [6.45, 7) is 4.07. The molecule has 6 heteroatoms. The number of carbonyl (C=O) groups is 1. The van der Waals surface area contributed by atoms with Crippen molar-refractivity contribution in [3.63, 3.8) is 0 Å². The fourth-order valence-corrected chi connectivity index (χ4v) is 2.48. The first kappa shape index (κ1) is 14.0. The molecule has 1 aromatic heterocycles. The molecule has 2 N–H and O–H groups in total.